The first-order valence-corrected chi connectivity index (χ1v) is 8.40. The summed E-state index contributed by atoms with van der Waals surface area (Å²) in [6.45, 7) is 6.09. The van der Waals surface area contributed by atoms with E-state index in [-0.39, 0.29) is 18.0 Å². The first-order chi connectivity index (χ1) is 11.5. The number of hydrogen-bond acceptors (Lipinski definition) is 2. The van der Waals surface area contributed by atoms with Crippen molar-refractivity contribution in [3.63, 3.8) is 0 Å². The molecule has 4 nitrogen and oxygen atoms in total. The maximum absolute atomic E-state index is 12.4. The molecule has 2 rings (SSSR count). The normalized spacial score (nSPS) is 13.2. The molecule has 128 valence electrons. The van der Waals surface area contributed by atoms with E-state index in [1.54, 1.807) is 7.11 Å². The highest BCUT2D eigenvalue weighted by atomic mass is 16.5. The van der Waals surface area contributed by atoms with E-state index in [1.807, 2.05) is 50.2 Å². The van der Waals surface area contributed by atoms with Crippen LogP contribution in [0.25, 0.3) is 0 Å². The number of aryl methyl sites for hydroxylation is 1. The smallest absolute Gasteiger partial charge is 0.282 e. The molecule has 0 bridgehead atoms. The Morgan fingerprint density at radius 2 is 1.92 bits per heavy atom. The van der Waals surface area contributed by atoms with Gasteiger partial charge >= 0.3 is 0 Å². The number of carbonyl (C=O) groups is 1. The molecule has 24 heavy (non-hydrogen) atoms. The minimum Gasteiger partial charge on any atom is -0.497 e. The molecule has 0 heterocycles. The molecule has 0 aliphatic carbocycles. The highest BCUT2D eigenvalue weighted by molar-refractivity contribution is 5.93. The summed E-state index contributed by atoms with van der Waals surface area (Å²) in [6.07, 6.45) is 0.953. The maximum Gasteiger partial charge on any atom is 0.282 e. The van der Waals surface area contributed by atoms with Crippen molar-refractivity contribution in [2.75, 3.05) is 12.4 Å². The van der Waals surface area contributed by atoms with Crippen LogP contribution in [-0.4, -0.2) is 19.1 Å². The van der Waals surface area contributed by atoms with Crippen LogP contribution in [0, 0.1) is 6.92 Å². The fourth-order valence-electron chi connectivity index (χ4n) is 2.75. The first kappa shape index (κ1) is 18.0. The maximum atomic E-state index is 12.4. The molecule has 2 aromatic carbocycles. The van der Waals surface area contributed by atoms with Crippen LogP contribution in [0.3, 0.4) is 0 Å². The lowest BCUT2D eigenvalue weighted by Crippen LogP contribution is -2.92. The van der Waals surface area contributed by atoms with E-state index in [0.717, 1.165) is 23.4 Å². The Morgan fingerprint density at radius 1 is 1.21 bits per heavy atom. The highest BCUT2D eigenvalue weighted by Gasteiger charge is 2.22. The van der Waals surface area contributed by atoms with Gasteiger partial charge in [-0.1, -0.05) is 19.1 Å². The van der Waals surface area contributed by atoms with Gasteiger partial charge in [0.1, 0.15) is 11.8 Å². The Bertz CT molecular complexity index is 668. The second-order valence-electron chi connectivity index (χ2n) is 6.13. The monoisotopic (exact) mass is 327 g/mol. The van der Waals surface area contributed by atoms with Crippen LogP contribution in [0.2, 0.25) is 0 Å². The van der Waals surface area contributed by atoms with Gasteiger partial charge in [0.25, 0.3) is 5.91 Å². The van der Waals surface area contributed by atoms with Crippen molar-refractivity contribution in [1.82, 2.24) is 0 Å². The molecule has 0 aliphatic rings. The number of nitrogens with two attached hydrogens (primary N) is 1. The van der Waals surface area contributed by atoms with Crippen LogP contribution >= 0.6 is 0 Å². The summed E-state index contributed by atoms with van der Waals surface area (Å²) >= 11 is 0. The highest BCUT2D eigenvalue weighted by Crippen LogP contribution is 2.17. The lowest BCUT2D eigenvalue weighted by molar-refractivity contribution is -0.713. The molecular formula is C20H27N2O2+. The van der Waals surface area contributed by atoms with Gasteiger partial charge in [0.2, 0.25) is 0 Å². The van der Waals surface area contributed by atoms with E-state index < -0.39 is 0 Å². The van der Waals surface area contributed by atoms with Crippen molar-refractivity contribution in [3.8, 4) is 5.75 Å². The lowest BCUT2D eigenvalue weighted by atomic mass is 10.0. The van der Waals surface area contributed by atoms with Crippen LogP contribution in [0.5, 0.6) is 5.75 Å². The molecule has 0 saturated heterocycles. The van der Waals surface area contributed by atoms with Crippen molar-refractivity contribution in [2.24, 2.45) is 0 Å². The van der Waals surface area contributed by atoms with Crippen molar-refractivity contribution in [3.05, 3.63) is 59.7 Å². The SMILES string of the molecule is CC[C@@H]([NH2+][C@H](C)C(=O)Nc1cccc(C)c1)c1ccc(OC)cc1. The molecule has 2 atom stereocenters. The molecule has 1 amide bonds. The minimum absolute atomic E-state index is 0.0209. The number of anilines is 1. The summed E-state index contributed by atoms with van der Waals surface area (Å²) in [5.41, 5.74) is 3.18. The average molecular weight is 327 g/mol. The van der Waals surface area contributed by atoms with Crippen LogP contribution < -0.4 is 15.4 Å². The summed E-state index contributed by atoms with van der Waals surface area (Å²) in [4.78, 5) is 12.4. The van der Waals surface area contributed by atoms with Gasteiger partial charge in [0, 0.05) is 17.7 Å². The van der Waals surface area contributed by atoms with E-state index in [4.69, 9.17) is 4.74 Å². The number of carbonyl (C=O) groups excluding carboxylic acids is 1. The van der Waals surface area contributed by atoms with Crippen molar-refractivity contribution < 1.29 is 14.8 Å². The van der Waals surface area contributed by atoms with Crippen molar-refractivity contribution in [2.45, 2.75) is 39.3 Å². The Labute approximate surface area is 144 Å². The summed E-state index contributed by atoms with van der Waals surface area (Å²) in [6, 6.07) is 16.0. The zero-order valence-corrected chi connectivity index (χ0v) is 14.9. The molecule has 3 N–H and O–H groups in total. The second-order valence-corrected chi connectivity index (χ2v) is 6.13. The van der Waals surface area contributed by atoms with E-state index in [9.17, 15) is 4.79 Å². The van der Waals surface area contributed by atoms with E-state index >= 15 is 0 Å². The van der Waals surface area contributed by atoms with Gasteiger partial charge in [0.15, 0.2) is 6.04 Å². The Morgan fingerprint density at radius 3 is 2.50 bits per heavy atom. The molecular weight excluding hydrogens is 300 g/mol. The number of benzene rings is 2. The number of methoxy groups -OCH3 is 1. The molecule has 4 heteroatoms. The van der Waals surface area contributed by atoms with Gasteiger partial charge in [-0.05, 0) is 55.8 Å². The van der Waals surface area contributed by atoms with Crippen molar-refractivity contribution in [1.29, 1.82) is 0 Å². The molecule has 0 aromatic heterocycles. The van der Waals surface area contributed by atoms with Gasteiger partial charge in [-0.15, -0.1) is 0 Å². The third-order valence-corrected chi connectivity index (χ3v) is 4.20. The third kappa shape index (κ3) is 4.83. The van der Waals surface area contributed by atoms with Gasteiger partial charge in [-0.2, -0.15) is 0 Å². The Balaban J connectivity index is 1.99. The number of quaternary nitrogens is 1. The van der Waals surface area contributed by atoms with Crippen molar-refractivity contribution >= 4 is 11.6 Å². The first-order valence-electron chi connectivity index (χ1n) is 8.40. The Kier molecular flexibility index (Phi) is 6.38. The van der Waals surface area contributed by atoms with Crippen LogP contribution in [0.4, 0.5) is 5.69 Å². The number of hydrogen-bond donors (Lipinski definition) is 2. The summed E-state index contributed by atoms with van der Waals surface area (Å²) < 4.78 is 5.20. The molecule has 0 unspecified atom stereocenters. The predicted molar refractivity (Wildman–Crippen MR) is 97.2 cm³/mol. The fourth-order valence-corrected chi connectivity index (χ4v) is 2.75. The molecule has 0 aliphatic heterocycles. The summed E-state index contributed by atoms with van der Waals surface area (Å²) in [7, 11) is 1.66. The van der Waals surface area contributed by atoms with E-state index in [0.29, 0.717) is 0 Å². The average Bonchev–Trinajstić information content (AvgIpc) is 2.59. The number of nitrogens with one attached hydrogen (secondary N) is 1. The standard InChI is InChI=1S/C20H26N2O2/c1-5-19(16-9-11-18(24-4)12-10-16)21-15(3)20(23)22-17-8-6-7-14(2)13-17/h6-13,15,19,21H,5H2,1-4H3,(H,22,23)/p+1/t15-,19-/m1/s1. The van der Waals surface area contributed by atoms with Gasteiger partial charge in [-0.25, -0.2) is 0 Å². The molecule has 2 aromatic rings. The van der Waals surface area contributed by atoms with Gasteiger partial charge < -0.3 is 15.4 Å². The zero-order chi connectivity index (χ0) is 17.5. The van der Waals surface area contributed by atoms with Gasteiger partial charge in [0.05, 0.1) is 7.11 Å². The summed E-state index contributed by atoms with van der Waals surface area (Å²) in [5.74, 6) is 0.867. The van der Waals surface area contributed by atoms with Gasteiger partial charge in [-0.3, -0.25) is 4.79 Å². The molecule has 0 fully saturated rings. The van der Waals surface area contributed by atoms with E-state index in [2.05, 4.69) is 29.7 Å². The fraction of sp³-hybridized carbons (Fsp3) is 0.350. The van der Waals surface area contributed by atoms with Crippen LogP contribution in [-0.2, 0) is 4.79 Å². The minimum atomic E-state index is -0.169. The molecule has 0 radical (unpaired) electrons. The third-order valence-electron chi connectivity index (χ3n) is 4.20. The second kappa shape index (κ2) is 8.50. The lowest BCUT2D eigenvalue weighted by Gasteiger charge is -2.19. The molecule has 0 spiro atoms. The predicted octanol–water partition coefficient (Wildman–Crippen LogP) is 3.05. The number of amides is 1. The number of ether oxygens (including phenoxy) is 1. The quantitative estimate of drug-likeness (QED) is 0.821. The number of rotatable bonds is 7. The zero-order valence-electron chi connectivity index (χ0n) is 14.9. The largest absolute Gasteiger partial charge is 0.497 e. The summed E-state index contributed by atoms with van der Waals surface area (Å²) in [5, 5.41) is 5.11. The Hall–Kier alpha value is -2.33. The van der Waals surface area contributed by atoms with Crippen LogP contribution in [0.1, 0.15) is 37.4 Å². The van der Waals surface area contributed by atoms with E-state index in [1.165, 1.54) is 5.56 Å². The molecule has 0 saturated carbocycles. The van der Waals surface area contributed by atoms with Crippen LogP contribution in [0.15, 0.2) is 48.5 Å². The topological polar surface area (TPSA) is 54.9 Å².